The zero-order chi connectivity index (χ0) is 22.1. The number of hydrogen-bond acceptors (Lipinski definition) is 4. The normalized spacial score (nSPS) is 10.9. The molecule has 9 heteroatoms. The summed E-state index contributed by atoms with van der Waals surface area (Å²) in [5.74, 6) is -1.79. The monoisotopic (exact) mass is 473 g/mol. The molecular weight excluding hydrogens is 461 g/mol. The van der Waals surface area contributed by atoms with Crippen molar-refractivity contribution in [2.45, 2.75) is 6.54 Å². The van der Waals surface area contributed by atoms with Crippen molar-refractivity contribution in [3.05, 3.63) is 87.2 Å². The first-order valence-corrected chi connectivity index (χ1v) is 10.2. The Morgan fingerprint density at radius 3 is 2.45 bits per heavy atom. The number of phenolic OH excluding ortho intramolecular Hbond substituents is 1. The number of nitrogens with one attached hydrogen (secondary N) is 1. The van der Waals surface area contributed by atoms with Gasteiger partial charge in [0.1, 0.15) is 16.1 Å². The fourth-order valence-electron chi connectivity index (χ4n) is 3.24. The Labute approximate surface area is 192 Å². The molecule has 0 fully saturated rings. The summed E-state index contributed by atoms with van der Waals surface area (Å²) in [6.07, 6.45) is 1.41. The molecule has 0 radical (unpaired) electrons. The maximum Gasteiger partial charge on any atom is 0.296 e. The molecule has 1 amide bonds. The number of Topliss-reactive ketones (excluding diaryl/α,β-unsaturated/α-hetero) is 1. The Bertz CT molecular complexity index is 1320. The fourth-order valence-corrected chi connectivity index (χ4v) is 3.87. The first-order valence-electron chi connectivity index (χ1n) is 9.06. The number of pyridine rings is 1. The van der Waals surface area contributed by atoms with Crippen LogP contribution in [0.5, 0.6) is 5.75 Å². The predicted octanol–water partition coefficient (Wildman–Crippen LogP) is 5.57. The molecule has 0 saturated carbocycles. The predicted molar refractivity (Wildman–Crippen MR) is 121 cm³/mol. The number of phenols is 1. The summed E-state index contributed by atoms with van der Waals surface area (Å²) in [4.78, 5) is 29.5. The SMILES string of the molecule is O=C(Nc1ccnc(Cl)c1)C(=O)c1c(Cl)n(Cc2ccc(Cl)cc2)c2ccc(O)cc12. The largest absolute Gasteiger partial charge is 0.508 e. The summed E-state index contributed by atoms with van der Waals surface area (Å²) in [5, 5.41) is 13.7. The highest BCUT2D eigenvalue weighted by atomic mass is 35.5. The number of amides is 1. The second-order valence-corrected chi connectivity index (χ2v) is 7.91. The van der Waals surface area contributed by atoms with E-state index >= 15 is 0 Å². The molecule has 4 aromatic rings. The van der Waals surface area contributed by atoms with Gasteiger partial charge in [0.15, 0.2) is 0 Å². The number of anilines is 1. The van der Waals surface area contributed by atoms with Gasteiger partial charge < -0.3 is 15.0 Å². The number of hydrogen-bond donors (Lipinski definition) is 2. The Balaban J connectivity index is 1.75. The Morgan fingerprint density at radius 1 is 1.00 bits per heavy atom. The average molecular weight is 475 g/mol. The number of ketones is 1. The highest BCUT2D eigenvalue weighted by Gasteiger charge is 2.27. The third-order valence-corrected chi connectivity index (χ3v) is 5.51. The van der Waals surface area contributed by atoms with Crippen molar-refractivity contribution in [2.24, 2.45) is 0 Å². The molecule has 0 saturated heterocycles. The minimum atomic E-state index is -0.891. The molecule has 2 aromatic heterocycles. The molecule has 0 atom stereocenters. The molecular formula is C22H14Cl3N3O3. The van der Waals surface area contributed by atoms with Crippen molar-refractivity contribution in [3.63, 3.8) is 0 Å². The number of fused-ring (bicyclic) bond motifs is 1. The van der Waals surface area contributed by atoms with E-state index in [4.69, 9.17) is 34.8 Å². The van der Waals surface area contributed by atoms with Crippen LogP contribution in [0.3, 0.4) is 0 Å². The molecule has 0 bridgehead atoms. The Kier molecular flexibility index (Phi) is 5.87. The summed E-state index contributed by atoms with van der Waals surface area (Å²) >= 11 is 18.4. The lowest BCUT2D eigenvalue weighted by Gasteiger charge is -2.08. The van der Waals surface area contributed by atoms with Crippen molar-refractivity contribution in [1.29, 1.82) is 0 Å². The van der Waals surface area contributed by atoms with Crippen molar-refractivity contribution in [1.82, 2.24) is 9.55 Å². The highest BCUT2D eigenvalue weighted by molar-refractivity contribution is 6.52. The number of carbonyl (C=O) groups excluding carboxylic acids is 2. The lowest BCUT2D eigenvalue weighted by molar-refractivity contribution is -0.112. The lowest BCUT2D eigenvalue weighted by atomic mass is 10.1. The zero-order valence-corrected chi connectivity index (χ0v) is 18.0. The van der Waals surface area contributed by atoms with Gasteiger partial charge in [-0.25, -0.2) is 4.98 Å². The van der Waals surface area contributed by atoms with Gasteiger partial charge in [0.2, 0.25) is 0 Å². The van der Waals surface area contributed by atoms with Crippen molar-refractivity contribution in [2.75, 3.05) is 5.32 Å². The summed E-state index contributed by atoms with van der Waals surface area (Å²) in [5.41, 5.74) is 1.81. The molecule has 0 aliphatic heterocycles. The van der Waals surface area contributed by atoms with E-state index in [2.05, 4.69) is 10.3 Å². The van der Waals surface area contributed by atoms with E-state index in [1.807, 2.05) is 12.1 Å². The molecule has 0 aliphatic carbocycles. The minimum absolute atomic E-state index is 0.000756. The smallest absolute Gasteiger partial charge is 0.296 e. The van der Waals surface area contributed by atoms with Gasteiger partial charge in [-0.1, -0.05) is 46.9 Å². The summed E-state index contributed by atoms with van der Waals surface area (Å²) in [7, 11) is 0. The molecule has 2 heterocycles. The number of nitrogens with zero attached hydrogens (tertiary/aromatic N) is 2. The van der Waals surface area contributed by atoms with Gasteiger partial charge in [-0.3, -0.25) is 9.59 Å². The van der Waals surface area contributed by atoms with Crippen LogP contribution < -0.4 is 5.32 Å². The van der Waals surface area contributed by atoms with E-state index in [9.17, 15) is 14.7 Å². The standard InChI is InChI=1S/C22H14Cl3N3O3/c23-13-3-1-12(2-4-13)11-28-17-6-5-15(29)10-16(17)19(21(28)25)20(30)22(31)27-14-7-8-26-18(24)9-14/h1-10,29H,11H2,(H,26,27,31). The average Bonchev–Trinajstić information content (AvgIpc) is 2.99. The number of aromatic nitrogens is 2. The van der Waals surface area contributed by atoms with E-state index in [-0.39, 0.29) is 21.6 Å². The number of rotatable bonds is 5. The Hall–Kier alpha value is -3.06. The number of benzene rings is 2. The van der Waals surface area contributed by atoms with Crippen LogP contribution in [-0.4, -0.2) is 26.3 Å². The van der Waals surface area contributed by atoms with Crippen LogP contribution >= 0.6 is 34.8 Å². The minimum Gasteiger partial charge on any atom is -0.508 e. The van der Waals surface area contributed by atoms with E-state index in [0.29, 0.717) is 28.2 Å². The molecule has 6 nitrogen and oxygen atoms in total. The van der Waals surface area contributed by atoms with Crippen LogP contribution in [0, 0.1) is 0 Å². The molecule has 2 aromatic carbocycles. The second-order valence-electron chi connectivity index (χ2n) is 6.73. The maximum absolute atomic E-state index is 13.0. The molecule has 156 valence electrons. The lowest BCUT2D eigenvalue weighted by Crippen LogP contribution is -2.23. The van der Waals surface area contributed by atoms with Crippen LogP contribution in [0.4, 0.5) is 5.69 Å². The first-order chi connectivity index (χ1) is 14.8. The molecule has 2 N–H and O–H groups in total. The van der Waals surface area contributed by atoms with E-state index in [1.54, 1.807) is 22.8 Å². The number of halogens is 3. The van der Waals surface area contributed by atoms with Gasteiger partial charge in [0, 0.05) is 28.8 Å². The van der Waals surface area contributed by atoms with Crippen LogP contribution in [0.15, 0.2) is 60.8 Å². The molecule has 4 rings (SSSR count). The van der Waals surface area contributed by atoms with Gasteiger partial charge >= 0.3 is 0 Å². The summed E-state index contributed by atoms with van der Waals surface area (Å²) in [6.45, 7) is 0.339. The number of carbonyl (C=O) groups is 2. The molecule has 0 unspecified atom stereocenters. The van der Waals surface area contributed by atoms with Crippen LogP contribution in [0.2, 0.25) is 15.3 Å². The van der Waals surface area contributed by atoms with Crippen LogP contribution in [-0.2, 0) is 11.3 Å². The highest BCUT2D eigenvalue weighted by Crippen LogP contribution is 2.34. The third kappa shape index (κ3) is 4.37. The molecule has 0 aliphatic rings. The van der Waals surface area contributed by atoms with Gasteiger partial charge in [0.25, 0.3) is 11.7 Å². The topological polar surface area (TPSA) is 84.2 Å². The summed E-state index contributed by atoms with van der Waals surface area (Å²) < 4.78 is 1.70. The van der Waals surface area contributed by atoms with Crippen LogP contribution in [0.25, 0.3) is 10.9 Å². The third-order valence-electron chi connectivity index (χ3n) is 4.66. The van der Waals surface area contributed by atoms with Crippen molar-refractivity contribution in [3.8, 4) is 5.75 Å². The number of aromatic hydroxyl groups is 1. The van der Waals surface area contributed by atoms with Gasteiger partial charge in [0.05, 0.1) is 11.1 Å². The second kappa shape index (κ2) is 8.59. The Morgan fingerprint density at radius 2 is 1.74 bits per heavy atom. The van der Waals surface area contributed by atoms with Crippen LogP contribution in [0.1, 0.15) is 15.9 Å². The van der Waals surface area contributed by atoms with Gasteiger partial charge in [-0.2, -0.15) is 0 Å². The van der Waals surface area contributed by atoms with Crippen molar-refractivity contribution >= 4 is 63.1 Å². The zero-order valence-electron chi connectivity index (χ0n) is 15.8. The van der Waals surface area contributed by atoms with E-state index in [1.165, 1.54) is 30.5 Å². The van der Waals surface area contributed by atoms with Gasteiger partial charge in [-0.15, -0.1) is 0 Å². The maximum atomic E-state index is 13.0. The molecule has 0 spiro atoms. The van der Waals surface area contributed by atoms with E-state index in [0.717, 1.165) is 5.56 Å². The molecule has 31 heavy (non-hydrogen) atoms. The van der Waals surface area contributed by atoms with E-state index < -0.39 is 11.7 Å². The quantitative estimate of drug-likeness (QED) is 0.225. The first kappa shape index (κ1) is 21.2. The van der Waals surface area contributed by atoms with Crippen molar-refractivity contribution < 1.29 is 14.7 Å². The summed E-state index contributed by atoms with van der Waals surface area (Å²) in [6, 6.07) is 14.7. The van der Waals surface area contributed by atoms with Gasteiger partial charge in [-0.05, 0) is 48.0 Å². The fraction of sp³-hybridized carbons (Fsp3) is 0.0455.